The number of para-hydroxylation sites is 2. The lowest BCUT2D eigenvalue weighted by atomic mass is 10.3. The molecule has 5 nitrogen and oxygen atoms in total. The Labute approximate surface area is 105 Å². The maximum Gasteiger partial charge on any atom is 0.275 e. The fourth-order valence-corrected chi connectivity index (χ4v) is 1.46. The fourth-order valence-electron chi connectivity index (χ4n) is 1.46. The second kappa shape index (κ2) is 5.06. The maximum atomic E-state index is 6.92. The van der Waals surface area contributed by atoms with E-state index in [1.807, 2.05) is 12.1 Å². The Hall–Kier alpha value is -2.74. The summed E-state index contributed by atoms with van der Waals surface area (Å²) in [6.45, 7) is 6.92. The van der Waals surface area contributed by atoms with Crippen LogP contribution in [0.15, 0.2) is 36.4 Å². The van der Waals surface area contributed by atoms with Gasteiger partial charge in [-0.3, -0.25) is 0 Å². The summed E-state index contributed by atoms with van der Waals surface area (Å²) in [4.78, 5) is 7.07. The number of benzene rings is 1. The van der Waals surface area contributed by atoms with Crippen LogP contribution in [-0.2, 0) is 0 Å². The van der Waals surface area contributed by atoms with E-state index in [4.69, 9.17) is 21.8 Å². The van der Waals surface area contributed by atoms with E-state index < -0.39 is 0 Å². The Morgan fingerprint density at radius 1 is 1.22 bits per heavy atom. The summed E-state index contributed by atoms with van der Waals surface area (Å²) in [5.74, 6) is 2.06. The number of rotatable bonds is 3. The molecule has 0 aliphatic rings. The van der Waals surface area contributed by atoms with Gasteiger partial charge < -0.3 is 20.1 Å². The molecule has 5 heteroatoms. The Balaban J connectivity index is 2.34. The monoisotopic (exact) mass is 241 g/mol. The number of anilines is 1. The first-order valence-electron chi connectivity index (χ1n) is 5.19. The molecule has 0 radical (unpaired) electrons. The van der Waals surface area contributed by atoms with Gasteiger partial charge in [0.25, 0.3) is 5.82 Å². The Bertz CT molecular complexity index is 605. The third-order valence-electron chi connectivity index (χ3n) is 2.22. The topological polar surface area (TPSA) is 61.7 Å². The number of nitrogens with zero attached hydrogens (tertiary/aromatic N) is 2. The molecular formula is C13H11N3O2. The number of aromatic nitrogens is 1. The number of nitrogen functional groups attached to an aromatic ring is 1. The number of hydrogen-bond acceptors (Lipinski definition) is 4. The molecule has 2 rings (SSSR count). The van der Waals surface area contributed by atoms with Crippen molar-refractivity contribution in [2.45, 2.75) is 0 Å². The van der Waals surface area contributed by atoms with Crippen LogP contribution in [0.25, 0.3) is 4.85 Å². The molecule has 0 spiro atoms. The lowest BCUT2D eigenvalue weighted by Crippen LogP contribution is -1.93. The molecule has 1 aromatic carbocycles. The van der Waals surface area contributed by atoms with Gasteiger partial charge >= 0.3 is 0 Å². The molecule has 0 atom stereocenters. The van der Waals surface area contributed by atoms with Gasteiger partial charge in [0.1, 0.15) is 5.75 Å². The minimum Gasteiger partial charge on any atom is -0.493 e. The van der Waals surface area contributed by atoms with Crippen molar-refractivity contribution in [3.05, 3.63) is 47.8 Å². The molecule has 0 aliphatic heterocycles. The van der Waals surface area contributed by atoms with Crippen LogP contribution in [0.4, 0.5) is 11.6 Å². The standard InChI is InChI=1S/C13H11N3O2/c1-15-13-8-9(7-12(14)16-13)18-11-6-4-3-5-10(11)17-2/h3-8H,2H3,(H2,14,16). The van der Waals surface area contributed by atoms with Crippen molar-refractivity contribution in [2.24, 2.45) is 0 Å². The zero-order valence-corrected chi connectivity index (χ0v) is 9.75. The number of nitrogens with two attached hydrogens (primary N) is 1. The fraction of sp³-hybridized carbons (Fsp3) is 0.0769. The first-order valence-corrected chi connectivity index (χ1v) is 5.19. The largest absolute Gasteiger partial charge is 0.493 e. The van der Waals surface area contributed by atoms with Gasteiger partial charge in [-0.05, 0) is 12.1 Å². The highest BCUT2D eigenvalue weighted by Crippen LogP contribution is 2.32. The molecule has 1 heterocycles. The molecule has 0 unspecified atom stereocenters. The summed E-state index contributed by atoms with van der Waals surface area (Å²) in [5.41, 5.74) is 5.59. The molecule has 1 aromatic heterocycles. The summed E-state index contributed by atoms with van der Waals surface area (Å²) in [5, 5.41) is 0. The van der Waals surface area contributed by atoms with Crippen LogP contribution in [0.2, 0.25) is 0 Å². The van der Waals surface area contributed by atoms with E-state index in [0.29, 0.717) is 17.2 Å². The van der Waals surface area contributed by atoms with Crippen LogP contribution < -0.4 is 15.2 Å². The van der Waals surface area contributed by atoms with E-state index >= 15 is 0 Å². The lowest BCUT2D eigenvalue weighted by molar-refractivity contribution is 0.379. The molecule has 0 bridgehead atoms. The first-order chi connectivity index (χ1) is 8.72. The Morgan fingerprint density at radius 3 is 2.61 bits per heavy atom. The highest BCUT2D eigenvalue weighted by Gasteiger charge is 2.07. The summed E-state index contributed by atoms with van der Waals surface area (Å²) in [7, 11) is 1.56. The SMILES string of the molecule is [C-]#[N+]c1cc(Oc2ccccc2OC)cc(N)n1. The normalized spacial score (nSPS) is 9.56. The minimum atomic E-state index is 0.194. The van der Waals surface area contributed by atoms with Crippen LogP contribution in [0.1, 0.15) is 0 Å². The van der Waals surface area contributed by atoms with Crippen molar-refractivity contribution in [2.75, 3.05) is 12.8 Å². The van der Waals surface area contributed by atoms with E-state index in [9.17, 15) is 0 Å². The van der Waals surface area contributed by atoms with Gasteiger partial charge in [-0.15, -0.1) is 4.98 Å². The van der Waals surface area contributed by atoms with Crippen LogP contribution >= 0.6 is 0 Å². The number of pyridine rings is 1. The van der Waals surface area contributed by atoms with Gasteiger partial charge in [-0.1, -0.05) is 18.7 Å². The highest BCUT2D eigenvalue weighted by molar-refractivity contribution is 5.52. The second-order valence-electron chi connectivity index (χ2n) is 3.45. The zero-order valence-electron chi connectivity index (χ0n) is 9.75. The molecule has 0 saturated heterocycles. The van der Waals surface area contributed by atoms with Gasteiger partial charge in [-0.2, -0.15) is 0 Å². The Morgan fingerprint density at radius 2 is 1.94 bits per heavy atom. The van der Waals surface area contributed by atoms with Gasteiger partial charge in [0, 0.05) is 12.1 Å². The quantitative estimate of drug-likeness (QED) is 0.839. The van der Waals surface area contributed by atoms with E-state index in [1.54, 1.807) is 25.3 Å². The third kappa shape index (κ3) is 2.50. The number of methoxy groups -OCH3 is 1. The van der Waals surface area contributed by atoms with Crippen molar-refractivity contribution < 1.29 is 9.47 Å². The van der Waals surface area contributed by atoms with Crippen molar-refractivity contribution >= 4 is 11.6 Å². The first kappa shape index (κ1) is 11.7. The predicted octanol–water partition coefficient (Wildman–Crippen LogP) is 3.02. The van der Waals surface area contributed by atoms with Crippen LogP contribution in [0.3, 0.4) is 0 Å². The third-order valence-corrected chi connectivity index (χ3v) is 2.22. The van der Waals surface area contributed by atoms with E-state index in [0.717, 1.165) is 0 Å². The second-order valence-corrected chi connectivity index (χ2v) is 3.45. The smallest absolute Gasteiger partial charge is 0.275 e. The highest BCUT2D eigenvalue weighted by atomic mass is 16.5. The molecule has 2 N–H and O–H groups in total. The minimum absolute atomic E-state index is 0.194. The predicted molar refractivity (Wildman–Crippen MR) is 68.0 cm³/mol. The summed E-state index contributed by atoms with van der Waals surface area (Å²) < 4.78 is 10.8. The van der Waals surface area contributed by atoms with Gasteiger partial charge in [0.15, 0.2) is 11.5 Å². The molecule has 0 saturated carbocycles. The molecule has 90 valence electrons. The van der Waals surface area contributed by atoms with Gasteiger partial charge in [0.2, 0.25) is 5.82 Å². The molecule has 0 fully saturated rings. The average Bonchev–Trinajstić information content (AvgIpc) is 2.38. The van der Waals surface area contributed by atoms with Crippen LogP contribution in [0, 0.1) is 6.57 Å². The summed E-state index contributed by atoms with van der Waals surface area (Å²) in [6, 6.07) is 10.3. The average molecular weight is 241 g/mol. The molecule has 18 heavy (non-hydrogen) atoms. The van der Waals surface area contributed by atoms with E-state index in [-0.39, 0.29) is 11.6 Å². The zero-order chi connectivity index (χ0) is 13.0. The van der Waals surface area contributed by atoms with E-state index in [1.165, 1.54) is 6.07 Å². The molecule has 2 aromatic rings. The summed E-state index contributed by atoms with van der Waals surface area (Å²) in [6.07, 6.45) is 0. The molecular weight excluding hydrogens is 230 g/mol. The number of hydrogen-bond donors (Lipinski definition) is 1. The van der Waals surface area contributed by atoms with Gasteiger partial charge in [0.05, 0.1) is 7.11 Å². The maximum absolute atomic E-state index is 6.92. The Kier molecular flexibility index (Phi) is 3.30. The van der Waals surface area contributed by atoms with Crippen molar-refractivity contribution in [3.8, 4) is 17.2 Å². The molecule has 0 amide bonds. The van der Waals surface area contributed by atoms with Crippen molar-refractivity contribution in [1.29, 1.82) is 0 Å². The van der Waals surface area contributed by atoms with E-state index in [2.05, 4.69) is 9.83 Å². The lowest BCUT2D eigenvalue weighted by Gasteiger charge is -2.09. The number of ether oxygens (including phenoxy) is 2. The van der Waals surface area contributed by atoms with Crippen molar-refractivity contribution in [1.82, 2.24) is 4.98 Å². The van der Waals surface area contributed by atoms with Crippen LogP contribution in [0.5, 0.6) is 17.2 Å². The van der Waals surface area contributed by atoms with Crippen molar-refractivity contribution in [3.63, 3.8) is 0 Å². The van der Waals surface area contributed by atoms with Gasteiger partial charge in [-0.25, -0.2) is 0 Å². The van der Waals surface area contributed by atoms with Crippen LogP contribution in [-0.4, -0.2) is 12.1 Å². The molecule has 0 aliphatic carbocycles. The summed E-state index contributed by atoms with van der Waals surface area (Å²) >= 11 is 0.